The number of anilines is 1. The van der Waals surface area contributed by atoms with Crippen molar-refractivity contribution in [3.05, 3.63) is 18.6 Å². The van der Waals surface area contributed by atoms with Gasteiger partial charge in [-0.2, -0.15) is 14.6 Å². The maximum Gasteiger partial charge on any atom is 0.407 e. The SMILES string of the molecule is CCOC(C)n1cc(-c2ncc3nc(N[C@H]4CCN(C(=O)O)C[C@H]4C)nn3c2OC(C)C)cn1. The molecule has 1 aliphatic heterocycles. The van der Waals surface area contributed by atoms with E-state index in [0.29, 0.717) is 49.3 Å². The summed E-state index contributed by atoms with van der Waals surface area (Å²) in [5.74, 6) is 1.05. The molecular weight excluding hydrogens is 440 g/mol. The van der Waals surface area contributed by atoms with E-state index in [1.165, 1.54) is 4.90 Å². The van der Waals surface area contributed by atoms with Gasteiger partial charge in [0.1, 0.15) is 11.9 Å². The van der Waals surface area contributed by atoms with Gasteiger partial charge >= 0.3 is 6.09 Å². The van der Waals surface area contributed by atoms with Gasteiger partial charge in [-0.1, -0.05) is 6.92 Å². The lowest BCUT2D eigenvalue weighted by atomic mass is 9.94. The lowest BCUT2D eigenvalue weighted by molar-refractivity contribution is 0.0160. The van der Waals surface area contributed by atoms with Gasteiger partial charge in [-0.05, 0) is 40.0 Å². The Balaban J connectivity index is 1.63. The first-order valence-corrected chi connectivity index (χ1v) is 11.6. The third-order valence-electron chi connectivity index (χ3n) is 5.83. The zero-order valence-corrected chi connectivity index (χ0v) is 20.2. The van der Waals surface area contributed by atoms with Crippen LogP contribution in [0.1, 0.15) is 47.3 Å². The van der Waals surface area contributed by atoms with Crippen molar-refractivity contribution in [3.63, 3.8) is 0 Å². The fourth-order valence-corrected chi connectivity index (χ4v) is 4.10. The van der Waals surface area contributed by atoms with E-state index in [1.54, 1.807) is 21.6 Å². The van der Waals surface area contributed by atoms with Crippen LogP contribution in [0.4, 0.5) is 10.7 Å². The number of rotatable bonds is 8. The number of piperidine rings is 1. The Bertz CT molecular complexity index is 1140. The van der Waals surface area contributed by atoms with Crippen LogP contribution in [0.3, 0.4) is 0 Å². The molecule has 12 heteroatoms. The third-order valence-corrected chi connectivity index (χ3v) is 5.83. The largest absolute Gasteiger partial charge is 0.473 e. The summed E-state index contributed by atoms with van der Waals surface area (Å²) in [6.45, 7) is 11.3. The molecule has 1 amide bonds. The quantitative estimate of drug-likeness (QED) is 0.507. The van der Waals surface area contributed by atoms with Crippen LogP contribution in [0.5, 0.6) is 5.88 Å². The zero-order valence-electron chi connectivity index (χ0n) is 20.2. The fraction of sp³-hybridized carbons (Fsp3) is 0.591. The number of hydrogen-bond donors (Lipinski definition) is 2. The number of amides is 1. The molecule has 4 heterocycles. The summed E-state index contributed by atoms with van der Waals surface area (Å²) in [6.07, 6.45) is 4.74. The number of ether oxygens (including phenoxy) is 2. The molecule has 3 aromatic heterocycles. The van der Waals surface area contributed by atoms with E-state index >= 15 is 0 Å². The van der Waals surface area contributed by atoms with Gasteiger partial charge in [-0.25, -0.2) is 14.5 Å². The van der Waals surface area contributed by atoms with E-state index in [1.807, 2.05) is 40.8 Å². The Morgan fingerprint density at radius 2 is 2.12 bits per heavy atom. The molecule has 1 fully saturated rings. The average molecular weight is 473 g/mol. The molecule has 0 saturated carbocycles. The summed E-state index contributed by atoms with van der Waals surface area (Å²) in [4.78, 5) is 21.9. The molecule has 0 aliphatic carbocycles. The first-order chi connectivity index (χ1) is 16.3. The summed E-state index contributed by atoms with van der Waals surface area (Å²) in [5.41, 5.74) is 1.94. The number of carboxylic acid groups (broad SMARTS) is 1. The van der Waals surface area contributed by atoms with Crippen molar-refractivity contribution in [1.82, 2.24) is 34.3 Å². The smallest absolute Gasteiger partial charge is 0.407 e. The van der Waals surface area contributed by atoms with Crippen LogP contribution in [0.25, 0.3) is 16.9 Å². The summed E-state index contributed by atoms with van der Waals surface area (Å²) < 4.78 is 15.1. The highest BCUT2D eigenvalue weighted by atomic mass is 16.5. The molecule has 0 spiro atoms. The number of carbonyl (C=O) groups is 1. The van der Waals surface area contributed by atoms with E-state index < -0.39 is 6.09 Å². The van der Waals surface area contributed by atoms with Crippen molar-refractivity contribution >= 4 is 17.7 Å². The average Bonchev–Trinajstić information content (AvgIpc) is 3.42. The van der Waals surface area contributed by atoms with Crippen molar-refractivity contribution in [2.24, 2.45) is 5.92 Å². The standard InChI is InChI=1S/C22H32N8O4/c1-6-33-15(5)29-12-16(9-24-29)19-20(34-13(2)3)30-18(10-23-19)26-21(27-30)25-17-7-8-28(22(31)32)11-14(17)4/h9-10,12-15,17H,6-8,11H2,1-5H3,(H,25,27)(H,31,32)/t14-,15?,17+/m1/s1. The summed E-state index contributed by atoms with van der Waals surface area (Å²) >= 11 is 0. The third kappa shape index (κ3) is 4.91. The number of fused-ring (bicyclic) bond motifs is 1. The predicted molar refractivity (Wildman–Crippen MR) is 125 cm³/mol. The van der Waals surface area contributed by atoms with Crippen LogP contribution in [-0.4, -0.2) is 77.3 Å². The lowest BCUT2D eigenvalue weighted by Crippen LogP contribution is -2.47. The number of nitrogens with one attached hydrogen (secondary N) is 1. The Kier molecular flexibility index (Phi) is 6.87. The van der Waals surface area contributed by atoms with Crippen molar-refractivity contribution in [2.75, 3.05) is 25.0 Å². The van der Waals surface area contributed by atoms with Crippen molar-refractivity contribution in [1.29, 1.82) is 0 Å². The molecule has 1 unspecified atom stereocenters. The van der Waals surface area contributed by atoms with E-state index in [0.717, 1.165) is 5.56 Å². The van der Waals surface area contributed by atoms with Gasteiger partial charge in [-0.3, -0.25) is 0 Å². The fourth-order valence-electron chi connectivity index (χ4n) is 4.10. The van der Waals surface area contributed by atoms with Crippen molar-refractivity contribution in [3.8, 4) is 17.1 Å². The molecule has 3 aromatic rings. The molecule has 0 bridgehead atoms. The van der Waals surface area contributed by atoms with Crippen LogP contribution in [0.15, 0.2) is 18.6 Å². The van der Waals surface area contributed by atoms with Crippen LogP contribution >= 0.6 is 0 Å². The molecule has 12 nitrogen and oxygen atoms in total. The molecule has 3 atom stereocenters. The molecule has 1 saturated heterocycles. The van der Waals surface area contributed by atoms with Crippen molar-refractivity contribution in [2.45, 2.75) is 59.4 Å². The number of aromatic nitrogens is 6. The van der Waals surface area contributed by atoms with Gasteiger partial charge in [0.25, 0.3) is 0 Å². The van der Waals surface area contributed by atoms with Crippen LogP contribution in [-0.2, 0) is 4.74 Å². The monoisotopic (exact) mass is 472 g/mol. The lowest BCUT2D eigenvalue weighted by Gasteiger charge is -2.35. The van der Waals surface area contributed by atoms with E-state index in [-0.39, 0.29) is 24.3 Å². The number of hydrogen-bond acceptors (Lipinski definition) is 8. The minimum atomic E-state index is -0.885. The second-order valence-corrected chi connectivity index (χ2v) is 8.79. The molecule has 0 radical (unpaired) electrons. The number of nitrogens with zero attached hydrogens (tertiary/aromatic N) is 7. The Labute approximate surface area is 197 Å². The second kappa shape index (κ2) is 9.84. The highest BCUT2D eigenvalue weighted by molar-refractivity contribution is 5.66. The Morgan fingerprint density at radius 1 is 1.32 bits per heavy atom. The minimum absolute atomic E-state index is 0.0631. The Morgan fingerprint density at radius 3 is 2.79 bits per heavy atom. The molecule has 2 N–H and O–H groups in total. The Hall–Kier alpha value is -3.41. The molecule has 0 aromatic carbocycles. The summed E-state index contributed by atoms with van der Waals surface area (Å²) in [7, 11) is 0. The zero-order chi connectivity index (χ0) is 24.4. The normalized spacial score (nSPS) is 19.5. The minimum Gasteiger partial charge on any atom is -0.473 e. The molecule has 34 heavy (non-hydrogen) atoms. The van der Waals surface area contributed by atoms with Crippen LogP contribution in [0, 0.1) is 5.92 Å². The van der Waals surface area contributed by atoms with Gasteiger partial charge in [-0.15, -0.1) is 5.10 Å². The molecule has 4 rings (SSSR count). The van der Waals surface area contributed by atoms with Crippen LogP contribution < -0.4 is 10.1 Å². The van der Waals surface area contributed by atoms with Gasteiger partial charge in [0.15, 0.2) is 5.65 Å². The first kappa shape index (κ1) is 23.7. The second-order valence-electron chi connectivity index (χ2n) is 8.79. The molecule has 1 aliphatic rings. The first-order valence-electron chi connectivity index (χ1n) is 11.6. The highest BCUT2D eigenvalue weighted by Gasteiger charge is 2.29. The van der Waals surface area contributed by atoms with Crippen LogP contribution in [0.2, 0.25) is 0 Å². The van der Waals surface area contributed by atoms with Gasteiger partial charge in [0, 0.05) is 37.5 Å². The van der Waals surface area contributed by atoms with E-state index in [4.69, 9.17) is 9.47 Å². The molecular formula is C22H32N8O4. The van der Waals surface area contributed by atoms with Gasteiger partial charge < -0.3 is 24.8 Å². The number of likely N-dealkylation sites (tertiary alicyclic amines) is 1. The van der Waals surface area contributed by atoms with Gasteiger partial charge in [0.05, 0.1) is 18.5 Å². The molecule has 184 valence electrons. The van der Waals surface area contributed by atoms with Gasteiger partial charge in [0.2, 0.25) is 11.8 Å². The highest BCUT2D eigenvalue weighted by Crippen LogP contribution is 2.30. The maximum atomic E-state index is 11.3. The maximum absolute atomic E-state index is 11.3. The van der Waals surface area contributed by atoms with Crippen molar-refractivity contribution < 1.29 is 19.4 Å². The van der Waals surface area contributed by atoms with E-state index in [9.17, 15) is 9.90 Å². The predicted octanol–water partition coefficient (Wildman–Crippen LogP) is 3.13. The summed E-state index contributed by atoms with van der Waals surface area (Å²) in [5, 5.41) is 21.7. The topological polar surface area (TPSA) is 132 Å². The van der Waals surface area contributed by atoms with E-state index in [2.05, 4.69) is 25.5 Å². The summed E-state index contributed by atoms with van der Waals surface area (Å²) in [6, 6.07) is 0.0631.